The van der Waals surface area contributed by atoms with Crippen molar-refractivity contribution in [3.63, 3.8) is 0 Å². The predicted octanol–water partition coefficient (Wildman–Crippen LogP) is -2.27. The molecule has 0 spiro atoms. The number of hydrogen-bond acceptors (Lipinski definition) is 13. The molecule has 0 amide bonds. The number of rotatable bonds is 8. The zero-order valence-corrected chi connectivity index (χ0v) is 18.8. The van der Waals surface area contributed by atoms with E-state index in [0.29, 0.717) is 13.2 Å². The van der Waals surface area contributed by atoms with Crippen LogP contribution in [-0.2, 0) is 28.3 Å². The minimum Gasteiger partial charge on any atom is -0.464 e. The monoisotopic (exact) mass is 504 g/mol. The highest BCUT2D eigenvalue weighted by Crippen LogP contribution is 2.43. The van der Waals surface area contributed by atoms with Crippen LogP contribution in [0.1, 0.15) is 25.2 Å². The molecular formula is C17H25N6O10P. The summed E-state index contributed by atoms with van der Waals surface area (Å²) < 4.78 is 33.8. The number of carbonyl (C=O) groups excluding carboxylic acids is 1. The van der Waals surface area contributed by atoms with E-state index in [-0.39, 0.29) is 29.4 Å². The van der Waals surface area contributed by atoms with Crippen LogP contribution in [0.4, 0.5) is 5.82 Å². The number of ether oxygens (including phenoxy) is 4. The van der Waals surface area contributed by atoms with Crippen molar-refractivity contribution >= 4 is 30.5 Å². The first-order valence-corrected chi connectivity index (χ1v) is 12.0. The molecule has 2 aromatic heterocycles. The summed E-state index contributed by atoms with van der Waals surface area (Å²) in [5.74, 6) is -3.15. The Bertz CT molecular complexity index is 1090. The van der Waals surface area contributed by atoms with Gasteiger partial charge in [-0.2, -0.15) is 0 Å². The minimum atomic E-state index is -5.03. The molecule has 7 N–H and O–H groups in total. The molecule has 4 heterocycles. The zero-order chi connectivity index (χ0) is 24.6. The molecular weight excluding hydrogens is 479 g/mol. The van der Waals surface area contributed by atoms with Gasteiger partial charge in [0.15, 0.2) is 29.7 Å². The van der Waals surface area contributed by atoms with Gasteiger partial charge in [0.25, 0.3) is 5.85 Å². The quantitative estimate of drug-likeness (QED) is 0.164. The molecule has 0 bridgehead atoms. The first-order valence-electron chi connectivity index (χ1n) is 10.3. The van der Waals surface area contributed by atoms with Gasteiger partial charge in [0, 0.05) is 6.54 Å². The molecule has 0 saturated carbocycles. The molecule has 34 heavy (non-hydrogen) atoms. The van der Waals surface area contributed by atoms with Gasteiger partial charge in [0.2, 0.25) is 0 Å². The normalized spacial score (nSPS) is 28.4. The lowest BCUT2D eigenvalue weighted by Crippen LogP contribution is -2.36. The van der Waals surface area contributed by atoms with E-state index in [0.717, 1.165) is 0 Å². The number of aliphatic hydroxyl groups excluding tert-OH is 2. The standard InChI is InChI=1S/C17H25N6O10P/c1-2-30-16(26)17(34(27,28)29)32-5-7-9(24)10(25)15(33-7)23-6-20-8-11(18)21-12(22-13(8)23)14-19-3-4-31-14/h6-7,9-10,14-15,17,19,24-25H,2-5H2,1H3,(H2,18,21,22)(H2,27,28,29)/t7-,9+,10-,14-,15-,17-/m1/s1. The minimum absolute atomic E-state index is 0.0721. The highest BCUT2D eigenvalue weighted by molar-refractivity contribution is 7.53. The largest absolute Gasteiger partial charge is 0.464 e. The number of carbonyl (C=O) groups is 1. The smallest absolute Gasteiger partial charge is 0.365 e. The van der Waals surface area contributed by atoms with Gasteiger partial charge >= 0.3 is 13.6 Å². The average molecular weight is 504 g/mol. The number of fused-ring (bicyclic) bond motifs is 1. The van der Waals surface area contributed by atoms with Gasteiger partial charge in [-0.05, 0) is 6.92 Å². The van der Waals surface area contributed by atoms with Crippen molar-refractivity contribution in [3.8, 4) is 0 Å². The Hall–Kier alpha value is -2.27. The van der Waals surface area contributed by atoms with Gasteiger partial charge in [0.05, 0.1) is 26.1 Å². The van der Waals surface area contributed by atoms with E-state index in [2.05, 4.69) is 25.0 Å². The van der Waals surface area contributed by atoms with Crippen LogP contribution in [-0.4, -0.2) is 96.0 Å². The van der Waals surface area contributed by atoms with E-state index >= 15 is 0 Å². The van der Waals surface area contributed by atoms with Crippen LogP contribution in [0.5, 0.6) is 0 Å². The van der Waals surface area contributed by atoms with Crippen LogP contribution in [0.3, 0.4) is 0 Å². The molecule has 2 aliphatic rings. The van der Waals surface area contributed by atoms with Crippen molar-refractivity contribution in [2.24, 2.45) is 0 Å². The average Bonchev–Trinajstić information content (AvgIpc) is 3.49. The molecule has 6 atom stereocenters. The van der Waals surface area contributed by atoms with Crippen LogP contribution in [0.25, 0.3) is 11.2 Å². The number of imidazole rings is 1. The number of nitrogens with zero attached hydrogens (tertiary/aromatic N) is 4. The lowest BCUT2D eigenvalue weighted by molar-refractivity contribution is -0.155. The van der Waals surface area contributed by atoms with Gasteiger partial charge in [-0.3, -0.25) is 14.4 Å². The first-order chi connectivity index (χ1) is 16.1. The third-order valence-corrected chi connectivity index (χ3v) is 6.21. The maximum atomic E-state index is 11.9. The van der Waals surface area contributed by atoms with E-state index in [4.69, 9.17) is 19.9 Å². The number of nitrogen functional groups attached to an aromatic ring is 1. The summed E-state index contributed by atoms with van der Waals surface area (Å²) in [6.07, 6.45) is -4.76. The van der Waals surface area contributed by atoms with Crippen LogP contribution >= 0.6 is 7.60 Å². The molecule has 0 aliphatic carbocycles. The molecule has 0 aromatic carbocycles. The Morgan fingerprint density at radius 3 is 2.79 bits per heavy atom. The summed E-state index contributed by atoms with van der Waals surface area (Å²) in [7, 11) is -5.03. The Morgan fingerprint density at radius 2 is 2.15 bits per heavy atom. The third-order valence-electron chi connectivity index (χ3n) is 5.24. The Balaban J connectivity index is 1.55. The molecule has 2 fully saturated rings. The Morgan fingerprint density at radius 1 is 1.38 bits per heavy atom. The number of aliphatic hydroxyl groups is 2. The zero-order valence-electron chi connectivity index (χ0n) is 17.9. The molecule has 4 rings (SSSR count). The predicted molar refractivity (Wildman–Crippen MR) is 111 cm³/mol. The van der Waals surface area contributed by atoms with Gasteiger partial charge in [0.1, 0.15) is 23.8 Å². The van der Waals surface area contributed by atoms with Gasteiger partial charge < -0.3 is 44.7 Å². The third kappa shape index (κ3) is 4.77. The second-order valence-electron chi connectivity index (χ2n) is 7.57. The van der Waals surface area contributed by atoms with Crippen LogP contribution in [0.15, 0.2) is 6.33 Å². The van der Waals surface area contributed by atoms with E-state index in [9.17, 15) is 29.4 Å². The molecule has 0 unspecified atom stereocenters. The van der Waals surface area contributed by atoms with Crippen molar-refractivity contribution in [1.29, 1.82) is 0 Å². The molecule has 2 saturated heterocycles. The van der Waals surface area contributed by atoms with Crippen LogP contribution < -0.4 is 11.1 Å². The molecule has 2 aliphatic heterocycles. The summed E-state index contributed by atoms with van der Waals surface area (Å²) in [4.78, 5) is 43.4. The molecule has 17 heteroatoms. The van der Waals surface area contributed by atoms with E-state index in [1.807, 2.05) is 0 Å². The van der Waals surface area contributed by atoms with E-state index < -0.39 is 56.8 Å². The fourth-order valence-corrected chi connectivity index (χ4v) is 4.28. The van der Waals surface area contributed by atoms with E-state index in [1.165, 1.54) is 17.8 Å². The summed E-state index contributed by atoms with van der Waals surface area (Å²) in [5.41, 5.74) is 6.44. The second kappa shape index (κ2) is 9.77. The highest BCUT2D eigenvalue weighted by Gasteiger charge is 2.46. The van der Waals surface area contributed by atoms with Crippen molar-refractivity contribution in [2.75, 3.05) is 32.1 Å². The Kier molecular flexibility index (Phi) is 7.14. The van der Waals surface area contributed by atoms with Crippen LogP contribution in [0, 0.1) is 0 Å². The summed E-state index contributed by atoms with van der Waals surface area (Å²) in [6.45, 7) is 1.78. The fourth-order valence-electron chi connectivity index (χ4n) is 3.65. The SMILES string of the molecule is CCOC(=O)[C@H](OC[C@H]1O[C@@H](n2cnc3c(N)nc([C@@H]4NCCO4)nc32)[C@H](O)[C@H]1O)P(=O)(O)O. The number of aromatic nitrogens is 4. The Labute approximate surface area is 192 Å². The number of nitrogens with two attached hydrogens (primary N) is 1. The summed E-state index contributed by atoms with van der Waals surface area (Å²) in [6, 6.07) is 0. The van der Waals surface area contributed by atoms with Crippen molar-refractivity contribution in [3.05, 3.63) is 12.2 Å². The maximum absolute atomic E-state index is 11.9. The molecule has 16 nitrogen and oxygen atoms in total. The van der Waals surface area contributed by atoms with Crippen molar-refractivity contribution in [1.82, 2.24) is 24.8 Å². The molecule has 2 aromatic rings. The maximum Gasteiger partial charge on any atom is 0.365 e. The van der Waals surface area contributed by atoms with E-state index in [1.54, 1.807) is 0 Å². The van der Waals surface area contributed by atoms with Crippen molar-refractivity contribution in [2.45, 2.75) is 43.5 Å². The lowest BCUT2D eigenvalue weighted by atomic mass is 10.1. The van der Waals surface area contributed by atoms with Gasteiger partial charge in [-0.15, -0.1) is 0 Å². The number of esters is 1. The summed E-state index contributed by atoms with van der Waals surface area (Å²) >= 11 is 0. The first kappa shape index (κ1) is 24.8. The van der Waals surface area contributed by atoms with Gasteiger partial charge in [-0.25, -0.2) is 19.7 Å². The lowest BCUT2D eigenvalue weighted by Gasteiger charge is -2.21. The van der Waals surface area contributed by atoms with Crippen molar-refractivity contribution < 1.29 is 48.3 Å². The number of nitrogens with one attached hydrogen (secondary N) is 1. The van der Waals surface area contributed by atoms with Crippen LogP contribution in [0.2, 0.25) is 0 Å². The number of hydrogen-bond donors (Lipinski definition) is 6. The summed E-state index contributed by atoms with van der Waals surface area (Å²) in [5, 5.41) is 24.1. The second-order valence-corrected chi connectivity index (χ2v) is 9.22. The molecule has 0 radical (unpaired) electrons. The molecule has 188 valence electrons. The van der Waals surface area contributed by atoms with Gasteiger partial charge in [-0.1, -0.05) is 0 Å². The topological polar surface area (TPSA) is 234 Å². The number of anilines is 1. The highest BCUT2D eigenvalue weighted by atomic mass is 31.2. The fraction of sp³-hybridized carbons (Fsp3) is 0.647.